The number of aldehydes is 2. The van der Waals surface area contributed by atoms with E-state index >= 15 is 0 Å². The van der Waals surface area contributed by atoms with Crippen molar-refractivity contribution in [2.45, 2.75) is 0 Å². The van der Waals surface area contributed by atoms with E-state index in [1.165, 1.54) is 12.1 Å². The zero-order valence-electron chi connectivity index (χ0n) is 5.58. The summed E-state index contributed by atoms with van der Waals surface area (Å²) in [6.07, 6.45) is 1.29. The molecule has 0 N–H and O–H groups in total. The Morgan fingerprint density at radius 1 is 1.18 bits per heavy atom. The van der Waals surface area contributed by atoms with Crippen molar-refractivity contribution in [3.63, 3.8) is 0 Å². The second-order valence-electron chi connectivity index (χ2n) is 2.02. The molecule has 0 amide bonds. The van der Waals surface area contributed by atoms with Crippen molar-refractivity contribution in [2.75, 3.05) is 0 Å². The Balaban J connectivity index is 3.22. The van der Waals surface area contributed by atoms with Gasteiger partial charge in [-0.15, -0.1) is 0 Å². The van der Waals surface area contributed by atoms with Gasteiger partial charge in [-0.2, -0.15) is 0 Å². The first-order valence-electron chi connectivity index (χ1n) is 2.98. The highest BCUT2D eigenvalue weighted by molar-refractivity contribution is 6.33. The second-order valence-corrected chi connectivity index (χ2v) is 2.42. The lowest BCUT2D eigenvalue weighted by Crippen LogP contribution is -1.85. The Labute approximate surface area is 68.8 Å². The summed E-state index contributed by atoms with van der Waals surface area (Å²) in [7, 11) is 0. The Kier molecular flexibility index (Phi) is 2.39. The highest BCUT2D eigenvalue weighted by Crippen LogP contribution is 2.14. The number of carbonyl (C=O) groups is 2. The van der Waals surface area contributed by atoms with Crippen molar-refractivity contribution >= 4 is 24.2 Å². The molecule has 0 bridgehead atoms. The molecule has 0 saturated carbocycles. The van der Waals surface area contributed by atoms with Gasteiger partial charge in [-0.3, -0.25) is 9.59 Å². The van der Waals surface area contributed by atoms with Gasteiger partial charge in [0.1, 0.15) is 6.29 Å². The van der Waals surface area contributed by atoms with E-state index in [0.29, 0.717) is 28.7 Å². The van der Waals surface area contributed by atoms with Crippen molar-refractivity contribution in [3.05, 3.63) is 34.3 Å². The number of carbonyl (C=O) groups excluding carboxylic acids is 2. The third-order valence-electron chi connectivity index (χ3n) is 1.28. The molecule has 2 nitrogen and oxygen atoms in total. The topological polar surface area (TPSA) is 34.1 Å². The molecular weight excluding hydrogens is 164 g/mol. The molecule has 0 aromatic heterocycles. The van der Waals surface area contributed by atoms with Crippen LogP contribution in [0.5, 0.6) is 0 Å². The Morgan fingerprint density at radius 2 is 1.91 bits per heavy atom. The van der Waals surface area contributed by atoms with Gasteiger partial charge in [-0.25, -0.2) is 0 Å². The monoisotopic (exact) mass is 168 g/mol. The minimum Gasteiger partial charge on any atom is -0.298 e. The van der Waals surface area contributed by atoms with Crippen LogP contribution in [0.3, 0.4) is 0 Å². The first-order valence-corrected chi connectivity index (χ1v) is 3.35. The van der Waals surface area contributed by atoms with E-state index in [-0.39, 0.29) is 0 Å². The molecule has 56 valence electrons. The third kappa shape index (κ3) is 1.65. The standard InChI is InChI=1S/C8H5ClO2/c9-8-2-1-6(4-10)3-7(8)5-11/h1-5H. The Bertz CT molecular complexity index is 294. The zero-order chi connectivity index (χ0) is 8.27. The summed E-state index contributed by atoms with van der Waals surface area (Å²) in [5.41, 5.74) is 0.799. The summed E-state index contributed by atoms with van der Waals surface area (Å²) in [5, 5.41) is 0.366. The summed E-state index contributed by atoms with van der Waals surface area (Å²) in [6, 6.07) is 4.53. The van der Waals surface area contributed by atoms with Gasteiger partial charge in [0.05, 0.1) is 5.02 Å². The van der Waals surface area contributed by atoms with Gasteiger partial charge < -0.3 is 0 Å². The van der Waals surface area contributed by atoms with Crippen molar-refractivity contribution in [1.29, 1.82) is 0 Å². The summed E-state index contributed by atoms with van der Waals surface area (Å²) >= 11 is 5.61. The van der Waals surface area contributed by atoms with Gasteiger partial charge in [-0.1, -0.05) is 17.7 Å². The lowest BCUT2D eigenvalue weighted by atomic mass is 10.1. The van der Waals surface area contributed by atoms with Crippen molar-refractivity contribution in [3.8, 4) is 0 Å². The largest absolute Gasteiger partial charge is 0.298 e. The molecule has 1 aromatic rings. The van der Waals surface area contributed by atoms with Crippen LogP contribution >= 0.6 is 11.6 Å². The predicted octanol–water partition coefficient (Wildman–Crippen LogP) is 1.96. The summed E-state index contributed by atoms with van der Waals surface area (Å²) in [4.78, 5) is 20.5. The fourth-order valence-electron chi connectivity index (χ4n) is 0.726. The molecule has 1 aromatic carbocycles. The molecule has 0 fully saturated rings. The molecule has 3 heteroatoms. The van der Waals surface area contributed by atoms with Crippen molar-refractivity contribution in [2.24, 2.45) is 0 Å². The molecule has 0 aliphatic heterocycles. The normalized spacial score (nSPS) is 9.18. The zero-order valence-corrected chi connectivity index (χ0v) is 6.34. The molecule has 11 heavy (non-hydrogen) atoms. The van der Waals surface area contributed by atoms with Crippen LogP contribution in [0.2, 0.25) is 5.02 Å². The van der Waals surface area contributed by atoms with Crippen molar-refractivity contribution in [1.82, 2.24) is 0 Å². The van der Waals surface area contributed by atoms with E-state index in [4.69, 9.17) is 11.6 Å². The van der Waals surface area contributed by atoms with Crippen molar-refractivity contribution < 1.29 is 9.59 Å². The van der Waals surface area contributed by atoms with E-state index in [0.717, 1.165) is 0 Å². The smallest absolute Gasteiger partial charge is 0.151 e. The van der Waals surface area contributed by atoms with Crippen LogP contribution in [0.4, 0.5) is 0 Å². The van der Waals surface area contributed by atoms with Gasteiger partial charge in [-0.05, 0) is 12.1 Å². The number of halogens is 1. The lowest BCUT2D eigenvalue weighted by Gasteiger charge is -1.94. The van der Waals surface area contributed by atoms with E-state index in [9.17, 15) is 9.59 Å². The fraction of sp³-hybridized carbons (Fsp3) is 0. The average molecular weight is 169 g/mol. The van der Waals surface area contributed by atoms with Gasteiger partial charge >= 0.3 is 0 Å². The number of rotatable bonds is 2. The van der Waals surface area contributed by atoms with Crippen LogP contribution in [0.15, 0.2) is 18.2 Å². The van der Waals surface area contributed by atoms with Gasteiger partial charge in [0.15, 0.2) is 6.29 Å². The molecule has 0 aliphatic rings. The molecule has 1 rings (SSSR count). The molecular formula is C8H5ClO2. The maximum atomic E-state index is 10.3. The van der Waals surface area contributed by atoms with Crippen LogP contribution in [-0.4, -0.2) is 12.6 Å². The van der Waals surface area contributed by atoms with E-state index in [2.05, 4.69) is 0 Å². The minimum absolute atomic E-state index is 0.344. The molecule has 0 atom stereocenters. The highest BCUT2D eigenvalue weighted by Gasteiger charge is 1.98. The number of hydrogen-bond donors (Lipinski definition) is 0. The molecule has 0 radical (unpaired) electrons. The number of benzene rings is 1. The fourth-order valence-corrected chi connectivity index (χ4v) is 0.888. The van der Waals surface area contributed by atoms with E-state index in [1.54, 1.807) is 6.07 Å². The number of hydrogen-bond acceptors (Lipinski definition) is 2. The maximum Gasteiger partial charge on any atom is 0.151 e. The summed E-state index contributed by atoms with van der Waals surface area (Å²) in [5.74, 6) is 0. The molecule has 0 saturated heterocycles. The SMILES string of the molecule is O=Cc1ccc(Cl)c(C=O)c1. The third-order valence-corrected chi connectivity index (χ3v) is 1.63. The van der Waals surface area contributed by atoms with Crippen LogP contribution in [0.1, 0.15) is 20.7 Å². The van der Waals surface area contributed by atoms with Gasteiger partial charge in [0, 0.05) is 11.1 Å². The molecule has 0 unspecified atom stereocenters. The Morgan fingerprint density at radius 3 is 2.45 bits per heavy atom. The first-order chi connectivity index (χ1) is 5.27. The van der Waals surface area contributed by atoms with Crippen LogP contribution in [0.25, 0.3) is 0 Å². The quantitative estimate of drug-likeness (QED) is 0.633. The lowest BCUT2D eigenvalue weighted by molar-refractivity contribution is 0.112. The summed E-state index contributed by atoms with van der Waals surface area (Å²) in [6.45, 7) is 0. The Hall–Kier alpha value is -1.15. The van der Waals surface area contributed by atoms with Gasteiger partial charge in [0.2, 0.25) is 0 Å². The molecule has 0 aliphatic carbocycles. The molecule has 0 heterocycles. The van der Waals surface area contributed by atoms with Gasteiger partial charge in [0.25, 0.3) is 0 Å². The summed E-state index contributed by atoms with van der Waals surface area (Å²) < 4.78 is 0. The van der Waals surface area contributed by atoms with E-state index in [1.807, 2.05) is 0 Å². The second kappa shape index (κ2) is 3.30. The highest BCUT2D eigenvalue weighted by atomic mass is 35.5. The predicted molar refractivity (Wildman–Crippen MR) is 42.2 cm³/mol. The van der Waals surface area contributed by atoms with Crippen LogP contribution < -0.4 is 0 Å². The minimum atomic E-state index is 0.344. The van der Waals surface area contributed by atoms with Crippen LogP contribution in [-0.2, 0) is 0 Å². The molecule has 0 spiro atoms. The average Bonchev–Trinajstić information content (AvgIpc) is 2.05. The van der Waals surface area contributed by atoms with E-state index < -0.39 is 0 Å². The van der Waals surface area contributed by atoms with Crippen LogP contribution in [0, 0.1) is 0 Å². The maximum absolute atomic E-state index is 10.3. The first kappa shape index (κ1) is 7.95.